The van der Waals surface area contributed by atoms with Crippen molar-refractivity contribution in [3.63, 3.8) is 0 Å². The molecule has 1 aliphatic heterocycles. The maximum atomic E-state index is 10.5. The van der Waals surface area contributed by atoms with E-state index in [2.05, 4.69) is 27.4 Å². The molecular formula is C20H34N6O4. The molecule has 30 heavy (non-hydrogen) atoms. The van der Waals surface area contributed by atoms with E-state index < -0.39 is 24.5 Å². The molecule has 2 aromatic rings. The minimum absolute atomic E-state index is 0.265. The largest absolute Gasteiger partial charge is 0.394 e. The van der Waals surface area contributed by atoms with Gasteiger partial charge in [-0.3, -0.25) is 9.40 Å². The second-order valence-corrected chi connectivity index (χ2v) is 7.77. The first kappa shape index (κ1) is 22.8. The van der Waals surface area contributed by atoms with Crippen molar-refractivity contribution >= 4 is 17.0 Å². The van der Waals surface area contributed by atoms with E-state index in [9.17, 15) is 10.2 Å². The Hall–Kier alpha value is -1.85. The zero-order chi connectivity index (χ0) is 21.3. The predicted octanol–water partition coefficient (Wildman–Crippen LogP) is 1.69. The third-order valence-electron chi connectivity index (χ3n) is 5.51. The molecule has 1 saturated heterocycles. The summed E-state index contributed by atoms with van der Waals surface area (Å²) in [5, 5.41) is 20.1. The van der Waals surface area contributed by atoms with Crippen molar-refractivity contribution in [2.75, 3.05) is 18.9 Å². The number of nitrogen functional groups attached to an aromatic ring is 1. The number of unbranched alkanes of at least 4 members (excludes halogenated alkanes) is 7. The average molecular weight is 423 g/mol. The summed E-state index contributed by atoms with van der Waals surface area (Å²) >= 11 is 0. The van der Waals surface area contributed by atoms with Gasteiger partial charge in [-0.2, -0.15) is 0 Å². The molecule has 0 aromatic carbocycles. The Morgan fingerprint density at radius 3 is 2.60 bits per heavy atom. The number of aromatic nitrogens is 4. The van der Waals surface area contributed by atoms with Crippen molar-refractivity contribution in [2.45, 2.75) is 82.8 Å². The van der Waals surface area contributed by atoms with Gasteiger partial charge in [-0.25, -0.2) is 20.4 Å². The number of ether oxygens (including phenoxy) is 1. The molecular weight excluding hydrogens is 388 g/mol. The third kappa shape index (κ3) is 5.44. The van der Waals surface area contributed by atoms with Crippen LogP contribution in [0.2, 0.25) is 0 Å². The highest BCUT2D eigenvalue weighted by Gasteiger charge is 2.46. The van der Waals surface area contributed by atoms with Gasteiger partial charge in [0, 0.05) is 6.54 Å². The van der Waals surface area contributed by atoms with E-state index in [1.807, 2.05) is 0 Å². The number of hydrogen-bond donors (Lipinski definition) is 4. The number of nitrogens with one attached hydrogen (secondary N) is 1. The second kappa shape index (κ2) is 11.5. The summed E-state index contributed by atoms with van der Waals surface area (Å²) in [7, 11) is 0. The minimum atomic E-state index is -0.998. The average Bonchev–Trinajstić information content (AvgIpc) is 3.31. The molecule has 0 radical (unpaired) electrons. The van der Waals surface area contributed by atoms with Crippen LogP contribution in [-0.4, -0.2) is 61.2 Å². The molecule has 1 fully saturated rings. The summed E-state index contributed by atoms with van der Waals surface area (Å²) in [6.45, 7) is 2.58. The Bertz CT molecular complexity index is 773. The lowest BCUT2D eigenvalue weighted by Crippen LogP contribution is -2.39. The van der Waals surface area contributed by atoms with Gasteiger partial charge in [-0.1, -0.05) is 51.9 Å². The number of anilines is 1. The number of aliphatic hydroxyl groups excluding tert-OH is 2. The molecule has 10 nitrogen and oxygen atoms in total. The van der Waals surface area contributed by atoms with Crippen LogP contribution in [0.15, 0.2) is 12.7 Å². The van der Waals surface area contributed by atoms with Crippen molar-refractivity contribution < 1.29 is 19.8 Å². The fourth-order valence-electron chi connectivity index (χ4n) is 3.76. The lowest BCUT2D eigenvalue weighted by molar-refractivity contribution is -0.109. The summed E-state index contributed by atoms with van der Waals surface area (Å²) in [5.74, 6) is 0.265. The van der Waals surface area contributed by atoms with Crippen LogP contribution in [0.4, 0.5) is 5.82 Å². The van der Waals surface area contributed by atoms with Crippen LogP contribution in [0.5, 0.6) is 0 Å². The summed E-state index contributed by atoms with van der Waals surface area (Å²) in [6.07, 6.45) is 9.52. The van der Waals surface area contributed by atoms with Crippen LogP contribution in [0, 0.1) is 0 Å². The van der Waals surface area contributed by atoms with Gasteiger partial charge in [0.2, 0.25) is 0 Å². The molecule has 3 heterocycles. The first-order chi connectivity index (χ1) is 14.7. The first-order valence-electron chi connectivity index (χ1n) is 10.9. The molecule has 0 aliphatic carbocycles. The van der Waals surface area contributed by atoms with E-state index in [0.29, 0.717) is 17.7 Å². The molecule has 0 spiro atoms. The van der Waals surface area contributed by atoms with Gasteiger partial charge in [0.05, 0.1) is 12.9 Å². The molecule has 168 valence electrons. The van der Waals surface area contributed by atoms with Gasteiger partial charge in [0.25, 0.3) is 0 Å². The van der Waals surface area contributed by atoms with E-state index in [4.69, 9.17) is 15.3 Å². The Kier molecular flexibility index (Phi) is 8.76. The lowest BCUT2D eigenvalue weighted by atomic mass is 10.1. The van der Waals surface area contributed by atoms with Gasteiger partial charge in [-0.15, -0.1) is 0 Å². The zero-order valence-corrected chi connectivity index (χ0v) is 17.6. The smallest absolute Gasteiger partial charge is 0.168 e. The Balaban J connectivity index is 1.51. The maximum absolute atomic E-state index is 10.5. The SMILES string of the molecule is CCCCCCCCCCNO[C@@H]1[C@H](O)[C@@H](CO)O[C@H]1n1cnc2c(N)ncnc21. The number of hydroxylamine groups is 1. The van der Waals surface area contributed by atoms with Crippen LogP contribution >= 0.6 is 0 Å². The summed E-state index contributed by atoms with van der Waals surface area (Å²) in [6, 6.07) is 0. The quantitative estimate of drug-likeness (QED) is 0.280. The van der Waals surface area contributed by atoms with Crippen LogP contribution < -0.4 is 11.2 Å². The normalized spacial score (nSPS) is 24.1. The van der Waals surface area contributed by atoms with Gasteiger partial charge in [-0.05, 0) is 6.42 Å². The number of hydrogen-bond acceptors (Lipinski definition) is 9. The fourth-order valence-corrected chi connectivity index (χ4v) is 3.76. The molecule has 0 saturated carbocycles. The molecule has 0 bridgehead atoms. The Morgan fingerprint density at radius 1 is 1.13 bits per heavy atom. The summed E-state index contributed by atoms with van der Waals surface area (Å²) < 4.78 is 7.47. The van der Waals surface area contributed by atoms with Crippen LogP contribution in [0.3, 0.4) is 0 Å². The topological polar surface area (TPSA) is 141 Å². The van der Waals surface area contributed by atoms with Gasteiger partial charge in [0.1, 0.15) is 24.1 Å². The molecule has 2 aromatic heterocycles. The number of nitrogens with two attached hydrogens (primary N) is 1. The number of fused-ring (bicyclic) bond motifs is 1. The monoisotopic (exact) mass is 422 g/mol. The molecule has 10 heteroatoms. The van der Waals surface area contributed by atoms with Crippen LogP contribution in [0.25, 0.3) is 11.2 Å². The highest BCUT2D eigenvalue weighted by atomic mass is 16.7. The standard InChI is InChI=1S/C20H34N6O4/c1-2-3-4-5-6-7-8-9-10-25-30-17-16(28)14(11-27)29-20(17)26-13-24-15-18(21)22-12-23-19(15)26/h12-14,16-17,20,25,27-28H,2-11H2,1H3,(H2,21,22,23)/t14-,16-,17-,20-/m1/s1. The molecule has 0 amide bonds. The Labute approximate surface area is 176 Å². The Morgan fingerprint density at radius 2 is 1.87 bits per heavy atom. The fraction of sp³-hybridized carbons (Fsp3) is 0.750. The summed E-state index contributed by atoms with van der Waals surface area (Å²) in [4.78, 5) is 18.2. The van der Waals surface area contributed by atoms with Gasteiger partial charge >= 0.3 is 0 Å². The van der Waals surface area contributed by atoms with E-state index in [1.165, 1.54) is 51.2 Å². The van der Waals surface area contributed by atoms with Crippen molar-refractivity contribution in [1.29, 1.82) is 0 Å². The minimum Gasteiger partial charge on any atom is -0.394 e. The van der Waals surface area contributed by atoms with Crippen molar-refractivity contribution in [1.82, 2.24) is 25.0 Å². The second-order valence-electron chi connectivity index (χ2n) is 7.77. The lowest BCUT2D eigenvalue weighted by Gasteiger charge is -2.22. The molecule has 3 rings (SSSR count). The number of aliphatic hydroxyl groups is 2. The van der Waals surface area contributed by atoms with E-state index >= 15 is 0 Å². The highest BCUT2D eigenvalue weighted by molar-refractivity contribution is 5.81. The van der Waals surface area contributed by atoms with E-state index in [0.717, 1.165) is 12.8 Å². The molecule has 1 aliphatic rings. The zero-order valence-electron chi connectivity index (χ0n) is 17.6. The maximum Gasteiger partial charge on any atom is 0.168 e. The number of rotatable bonds is 13. The third-order valence-corrected chi connectivity index (χ3v) is 5.51. The summed E-state index contributed by atoms with van der Waals surface area (Å²) in [5.41, 5.74) is 9.74. The number of imidazole rings is 1. The van der Waals surface area contributed by atoms with Gasteiger partial charge in [0.15, 0.2) is 23.8 Å². The predicted molar refractivity (Wildman–Crippen MR) is 112 cm³/mol. The van der Waals surface area contributed by atoms with E-state index in [1.54, 1.807) is 4.57 Å². The van der Waals surface area contributed by atoms with E-state index in [-0.39, 0.29) is 12.4 Å². The first-order valence-corrected chi connectivity index (χ1v) is 10.9. The van der Waals surface area contributed by atoms with Crippen molar-refractivity contribution in [2.24, 2.45) is 0 Å². The number of nitrogens with zero attached hydrogens (tertiary/aromatic N) is 4. The van der Waals surface area contributed by atoms with Crippen LogP contribution in [0.1, 0.15) is 64.5 Å². The molecule has 5 N–H and O–H groups in total. The molecule has 0 unspecified atom stereocenters. The highest BCUT2D eigenvalue weighted by Crippen LogP contribution is 2.33. The van der Waals surface area contributed by atoms with Crippen molar-refractivity contribution in [3.8, 4) is 0 Å². The van der Waals surface area contributed by atoms with Crippen molar-refractivity contribution in [3.05, 3.63) is 12.7 Å². The molecule has 4 atom stereocenters. The van der Waals surface area contributed by atoms with Crippen LogP contribution in [-0.2, 0) is 9.57 Å². The van der Waals surface area contributed by atoms with Gasteiger partial charge < -0.3 is 20.7 Å².